The fourth-order valence-corrected chi connectivity index (χ4v) is 3.75. The molecule has 0 saturated carbocycles. The van der Waals surface area contributed by atoms with E-state index in [4.69, 9.17) is 14.2 Å². The Hall–Kier alpha value is -4.01. The lowest BCUT2D eigenvalue weighted by atomic mass is 10.0. The van der Waals surface area contributed by atoms with Gasteiger partial charge in [-0.15, -0.1) is 0 Å². The summed E-state index contributed by atoms with van der Waals surface area (Å²) in [6, 6.07) is 10.3. The van der Waals surface area contributed by atoms with Crippen molar-refractivity contribution in [3.05, 3.63) is 65.7 Å². The summed E-state index contributed by atoms with van der Waals surface area (Å²) >= 11 is 0. The average molecular weight is 450 g/mol. The van der Waals surface area contributed by atoms with Gasteiger partial charge in [0.15, 0.2) is 6.61 Å². The van der Waals surface area contributed by atoms with E-state index in [9.17, 15) is 9.59 Å². The molecule has 2 aromatic carbocycles. The van der Waals surface area contributed by atoms with Crippen LogP contribution in [0.15, 0.2) is 48.8 Å². The minimum atomic E-state index is -0.538. The van der Waals surface area contributed by atoms with Crippen molar-refractivity contribution < 1.29 is 23.8 Å². The highest BCUT2D eigenvalue weighted by molar-refractivity contribution is 5.94. The van der Waals surface area contributed by atoms with E-state index in [1.165, 1.54) is 0 Å². The number of aryl methyl sites for hydroxylation is 2. The van der Waals surface area contributed by atoms with Crippen LogP contribution < -0.4 is 24.8 Å². The van der Waals surface area contributed by atoms with Gasteiger partial charge < -0.3 is 29.4 Å². The fraction of sp³-hybridized carbons (Fsp3) is 0.292. The number of anilines is 1. The molecule has 9 heteroatoms. The average Bonchev–Trinajstić information content (AvgIpc) is 3.26. The molecule has 2 N–H and O–H groups in total. The van der Waals surface area contributed by atoms with Gasteiger partial charge in [-0.25, -0.2) is 4.98 Å². The molecule has 0 bridgehead atoms. The number of fused-ring (bicyclic) bond motifs is 1. The third-order valence-electron chi connectivity index (χ3n) is 5.47. The maximum absolute atomic E-state index is 12.9. The largest absolute Gasteiger partial charge is 0.497 e. The second-order valence-corrected chi connectivity index (χ2v) is 7.70. The van der Waals surface area contributed by atoms with Crippen molar-refractivity contribution in [1.29, 1.82) is 0 Å². The first-order chi connectivity index (χ1) is 16.0. The molecule has 3 aromatic rings. The molecule has 2 heterocycles. The number of ether oxygens (including phenoxy) is 3. The molecule has 2 amide bonds. The molecule has 4 rings (SSSR count). The zero-order valence-corrected chi connectivity index (χ0v) is 18.8. The Kier molecular flexibility index (Phi) is 6.48. The number of hydrogen-bond acceptors (Lipinski definition) is 6. The topological polar surface area (TPSA) is 104 Å². The third-order valence-corrected chi connectivity index (χ3v) is 5.47. The molecule has 0 saturated heterocycles. The quantitative estimate of drug-likeness (QED) is 0.547. The predicted molar refractivity (Wildman–Crippen MR) is 122 cm³/mol. The lowest BCUT2D eigenvalue weighted by Gasteiger charge is -2.21. The summed E-state index contributed by atoms with van der Waals surface area (Å²) in [6.45, 7) is -0.173. The lowest BCUT2D eigenvalue weighted by molar-refractivity contribution is -0.123. The van der Waals surface area contributed by atoms with E-state index in [1.54, 1.807) is 38.6 Å². The van der Waals surface area contributed by atoms with Crippen LogP contribution in [0.5, 0.6) is 17.2 Å². The maximum Gasteiger partial charge on any atom is 0.258 e. The monoisotopic (exact) mass is 450 g/mol. The van der Waals surface area contributed by atoms with E-state index in [0.29, 0.717) is 35.9 Å². The predicted octanol–water partition coefficient (Wildman–Crippen LogP) is 2.61. The summed E-state index contributed by atoms with van der Waals surface area (Å²) in [5.74, 6) is 2.13. The number of carbonyl (C=O) groups excluding carboxylic acids is 2. The van der Waals surface area contributed by atoms with E-state index < -0.39 is 6.04 Å². The highest BCUT2D eigenvalue weighted by atomic mass is 16.5. The van der Waals surface area contributed by atoms with E-state index >= 15 is 0 Å². The Morgan fingerprint density at radius 2 is 1.88 bits per heavy atom. The minimum Gasteiger partial charge on any atom is -0.497 e. The van der Waals surface area contributed by atoms with Crippen molar-refractivity contribution in [3.63, 3.8) is 0 Å². The van der Waals surface area contributed by atoms with Crippen LogP contribution in [-0.2, 0) is 23.1 Å². The van der Waals surface area contributed by atoms with Crippen molar-refractivity contribution in [2.24, 2.45) is 7.05 Å². The fourth-order valence-electron chi connectivity index (χ4n) is 3.75. The van der Waals surface area contributed by atoms with Crippen LogP contribution in [0.1, 0.15) is 29.4 Å². The zero-order chi connectivity index (χ0) is 23.4. The first-order valence-electron chi connectivity index (χ1n) is 10.5. The molecular formula is C24H26N4O5. The molecule has 1 atom stereocenters. The number of carbonyl (C=O) groups is 2. The molecular weight excluding hydrogens is 424 g/mol. The lowest BCUT2D eigenvalue weighted by Crippen LogP contribution is -2.34. The Morgan fingerprint density at radius 3 is 2.55 bits per heavy atom. The van der Waals surface area contributed by atoms with Gasteiger partial charge in [0.25, 0.3) is 5.91 Å². The Labute approximate surface area is 191 Å². The van der Waals surface area contributed by atoms with Crippen molar-refractivity contribution in [2.75, 3.05) is 26.1 Å². The Bertz CT molecular complexity index is 1150. The number of benzene rings is 2. The van der Waals surface area contributed by atoms with Gasteiger partial charge in [0.2, 0.25) is 5.91 Å². The number of imidazole rings is 1. The maximum atomic E-state index is 12.9. The van der Waals surface area contributed by atoms with E-state index in [0.717, 1.165) is 16.8 Å². The van der Waals surface area contributed by atoms with E-state index in [1.807, 2.05) is 36.0 Å². The van der Waals surface area contributed by atoms with Crippen molar-refractivity contribution >= 4 is 17.5 Å². The van der Waals surface area contributed by atoms with E-state index in [-0.39, 0.29) is 18.4 Å². The molecule has 0 aliphatic carbocycles. The summed E-state index contributed by atoms with van der Waals surface area (Å²) in [5, 5.41) is 5.83. The summed E-state index contributed by atoms with van der Waals surface area (Å²) in [5.41, 5.74) is 2.53. The van der Waals surface area contributed by atoms with Crippen LogP contribution in [-0.4, -0.2) is 42.2 Å². The van der Waals surface area contributed by atoms with E-state index in [2.05, 4.69) is 15.6 Å². The SMILES string of the molecule is COc1cc(OC)cc([C@H](NC(=O)COc2ccc3c(c2)CCC(=O)N3)c2nccn2C)c1. The zero-order valence-electron chi connectivity index (χ0n) is 18.8. The molecule has 172 valence electrons. The molecule has 9 nitrogen and oxygen atoms in total. The second-order valence-electron chi connectivity index (χ2n) is 7.70. The summed E-state index contributed by atoms with van der Waals surface area (Å²) in [6.07, 6.45) is 4.57. The van der Waals surface area contributed by atoms with Crippen molar-refractivity contribution in [2.45, 2.75) is 18.9 Å². The molecule has 1 aromatic heterocycles. The van der Waals surface area contributed by atoms with Crippen LogP contribution in [0.2, 0.25) is 0 Å². The number of nitrogens with zero attached hydrogens (tertiary/aromatic N) is 2. The summed E-state index contributed by atoms with van der Waals surface area (Å²) in [4.78, 5) is 28.8. The Morgan fingerprint density at radius 1 is 1.12 bits per heavy atom. The number of amides is 2. The van der Waals surface area contributed by atoms with Crippen LogP contribution in [0.4, 0.5) is 5.69 Å². The molecule has 0 fully saturated rings. The minimum absolute atomic E-state index is 0.00467. The third kappa shape index (κ3) is 5.08. The van der Waals surface area contributed by atoms with Crippen LogP contribution >= 0.6 is 0 Å². The molecule has 0 spiro atoms. The smallest absolute Gasteiger partial charge is 0.258 e. The number of methoxy groups -OCH3 is 2. The molecule has 1 aliphatic heterocycles. The van der Waals surface area contributed by atoms with Gasteiger partial charge in [-0.3, -0.25) is 9.59 Å². The normalized spacial score (nSPS) is 13.5. The van der Waals surface area contributed by atoms with Crippen molar-refractivity contribution in [3.8, 4) is 17.2 Å². The van der Waals surface area contributed by atoms with Crippen LogP contribution in [0.25, 0.3) is 0 Å². The number of aromatic nitrogens is 2. The first kappa shape index (κ1) is 22.2. The second kappa shape index (κ2) is 9.64. The van der Waals surface area contributed by atoms with Gasteiger partial charge in [0, 0.05) is 37.6 Å². The van der Waals surface area contributed by atoms with Gasteiger partial charge >= 0.3 is 0 Å². The Balaban J connectivity index is 1.51. The molecule has 33 heavy (non-hydrogen) atoms. The molecule has 0 radical (unpaired) electrons. The van der Waals surface area contributed by atoms with Gasteiger partial charge in [-0.05, 0) is 47.9 Å². The van der Waals surface area contributed by atoms with Crippen LogP contribution in [0.3, 0.4) is 0 Å². The number of hydrogen-bond donors (Lipinski definition) is 2. The number of rotatable bonds is 8. The standard InChI is InChI=1S/C24H26N4O5/c1-28-9-8-25-24(28)23(16-11-18(31-2)13-19(12-16)32-3)27-22(30)14-33-17-5-6-20-15(10-17)4-7-21(29)26-20/h5-6,8-13,23H,4,7,14H2,1-3H3,(H,26,29)(H,27,30)/t23-/m0/s1. The number of nitrogens with one attached hydrogen (secondary N) is 2. The molecule has 1 aliphatic rings. The summed E-state index contributed by atoms with van der Waals surface area (Å²) < 4.78 is 18.3. The summed E-state index contributed by atoms with van der Waals surface area (Å²) in [7, 11) is 5.01. The first-order valence-corrected chi connectivity index (χ1v) is 10.5. The van der Waals surface area contributed by atoms with Gasteiger partial charge in [0.05, 0.1) is 14.2 Å². The molecule has 0 unspecified atom stereocenters. The van der Waals surface area contributed by atoms with Gasteiger partial charge in [-0.2, -0.15) is 0 Å². The highest BCUT2D eigenvalue weighted by Gasteiger charge is 2.23. The highest BCUT2D eigenvalue weighted by Crippen LogP contribution is 2.30. The van der Waals surface area contributed by atoms with Gasteiger partial charge in [0.1, 0.15) is 29.1 Å². The van der Waals surface area contributed by atoms with Gasteiger partial charge in [-0.1, -0.05) is 0 Å². The van der Waals surface area contributed by atoms with Crippen molar-refractivity contribution in [1.82, 2.24) is 14.9 Å². The van der Waals surface area contributed by atoms with Crippen LogP contribution in [0, 0.1) is 0 Å².